The van der Waals surface area contributed by atoms with Gasteiger partial charge in [-0.1, -0.05) is 24.3 Å². The molecule has 0 unspecified atom stereocenters. The van der Waals surface area contributed by atoms with Crippen LogP contribution in [0.4, 0.5) is 11.4 Å². The molecule has 7 heteroatoms. The van der Waals surface area contributed by atoms with Gasteiger partial charge in [0.05, 0.1) is 0 Å². The van der Waals surface area contributed by atoms with Gasteiger partial charge in [-0.05, 0) is 34.9 Å². The predicted molar refractivity (Wildman–Crippen MR) is 112 cm³/mol. The second kappa shape index (κ2) is 13.1. The summed E-state index contributed by atoms with van der Waals surface area (Å²) in [4.78, 5) is 6.47. The Labute approximate surface area is 177 Å². The molecule has 4 nitrogen and oxygen atoms in total. The van der Waals surface area contributed by atoms with Gasteiger partial charge in [0.15, 0.2) is 0 Å². The van der Waals surface area contributed by atoms with Crippen molar-refractivity contribution in [2.75, 3.05) is 43.6 Å². The van der Waals surface area contributed by atoms with Crippen molar-refractivity contribution in [3.63, 3.8) is 0 Å². The van der Waals surface area contributed by atoms with Gasteiger partial charge in [-0.15, -0.1) is 5.69 Å². The van der Waals surface area contributed by atoms with Crippen LogP contribution in [0.15, 0.2) is 47.5 Å². The third-order valence-electron chi connectivity index (χ3n) is 3.57. The summed E-state index contributed by atoms with van der Waals surface area (Å²) in [5.41, 5.74) is 5.45. The quantitative estimate of drug-likeness (QED) is 0.435. The second-order valence-electron chi connectivity index (χ2n) is 5.54. The van der Waals surface area contributed by atoms with Crippen LogP contribution in [0.1, 0.15) is 5.56 Å². The van der Waals surface area contributed by atoms with Crippen molar-refractivity contribution in [2.45, 2.75) is 0 Å². The summed E-state index contributed by atoms with van der Waals surface area (Å²) in [6.45, 7) is 1.30. The summed E-state index contributed by atoms with van der Waals surface area (Å²) in [5.74, 6) is 1.25. The number of aliphatic imine (C=N–C) groups is 1. The average molecular weight is 471 g/mol. The first-order valence-corrected chi connectivity index (χ1v) is 9.98. The number of hydrogen-bond donors (Lipinski definition) is 0. The van der Waals surface area contributed by atoms with Crippen molar-refractivity contribution in [1.82, 2.24) is 0 Å². The van der Waals surface area contributed by atoms with E-state index < -0.39 is 0 Å². The molecular weight excluding hydrogens is 448 g/mol. The second-order valence-corrected chi connectivity index (χ2v) is 6.36. The van der Waals surface area contributed by atoms with Crippen molar-refractivity contribution in [3.8, 4) is 11.1 Å². The first kappa shape index (κ1) is 22.9. The van der Waals surface area contributed by atoms with Crippen LogP contribution in [0.5, 0.6) is 0 Å². The third-order valence-corrected chi connectivity index (χ3v) is 3.93. The molecule has 0 bridgehead atoms. The molecule has 0 spiro atoms. The van der Waals surface area contributed by atoms with Crippen LogP contribution < -0.4 is 4.90 Å². The summed E-state index contributed by atoms with van der Waals surface area (Å²) >= 11 is 10.8. The molecule has 0 aliphatic carbocycles. The zero-order valence-electron chi connectivity index (χ0n) is 14.9. The normalized spacial score (nSPS) is 10.3. The number of benzene rings is 2. The van der Waals surface area contributed by atoms with Crippen LogP contribution >= 0.6 is 0 Å². The monoisotopic (exact) mass is 469 g/mol. The fraction of sp³-hybridized carbons (Fsp3) is 0.316. The first-order valence-electron chi connectivity index (χ1n) is 8.06. The van der Waals surface area contributed by atoms with Gasteiger partial charge >= 0.3 is 22.4 Å². The first-order chi connectivity index (χ1) is 12.7. The van der Waals surface area contributed by atoms with E-state index in [-0.39, 0.29) is 0 Å². The average Bonchev–Trinajstić information content (AvgIpc) is 2.68. The number of hydrogen-bond acceptors (Lipinski definition) is 5. The summed E-state index contributed by atoms with van der Waals surface area (Å²) in [6, 6.07) is 14.8. The van der Waals surface area contributed by atoms with Crippen LogP contribution in [-0.4, -0.2) is 44.9 Å². The van der Waals surface area contributed by atoms with Gasteiger partial charge in [0, 0.05) is 32.5 Å². The van der Waals surface area contributed by atoms with E-state index in [0.717, 1.165) is 35.7 Å². The van der Waals surface area contributed by atoms with E-state index in [2.05, 4.69) is 51.6 Å². The molecule has 0 aliphatic rings. The summed E-state index contributed by atoms with van der Waals surface area (Å²) in [5, 5.41) is 4.55. The van der Waals surface area contributed by atoms with E-state index in [4.69, 9.17) is 28.8 Å². The Kier molecular flexibility index (Phi) is 11.5. The standard InChI is InChI=1S/C19H24N3S2.O.Tc/c1-22(2)18-6-3-15(4-7-18)16-5-8-19(21-10-12-24)17(13-16)14-20-9-11-23;;/h3-8,13-14H,9-12H2,1-2H3,(H2-,20,21,23,24);;/q-1;;+2/p-2. The van der Waals surface area contributed by atoms with Gasteiger partial charge in [-0.3, -0.25) is 4.99 Å². The van der Waals surface area contributed by atoms with Crippen LogP contribution in [-0.2, 0) is 47.6 Å². The molecule has 0 saturated heterocycles. The Hall–Kier alpha value is -1.14. The maximum atomic E-state index is 8.22. The van der Waals surface area contributed by atoms with Gasteiger partial charge in [0.1, 0.15) is 0 Å². The molecule has 2 rings (SSSR count). The van der Waals surface area contributed by atoms with Gasteiger partial charge in [0.2, 0.25) is 0 Å². The number of rotatable bonds is 8. The van der Waals surface area contributed by atoms with E-state index in [9.17, 15) is 0 Å². The Balaban J connectivity index is 0.00000163. The van der Waals surface area contributed by atoms with Crippen molar-refractivity contribution >= 4 is 42.8 Å². The third kappa shape index (κ3) is 7.23. The number of nitrogens with zero attached hydrogens (tertiary/aromatic N) is 3. The molecule has 0 atom stereocenters. The van der Waals surface area contributed by atoms with Crippen LogP contribution in [0, 0.1) is 0 Å². The van der Waals surface area contributed by atoms with Gasteiger partial charge in [-0.25, -0.2) is 0 Å². The van der Waals surface area contributed by atoms with E-state index in [1.54, 1.807) is 0 Å². The van der Waals surface area contributed by atoms with Gasteiger partial charge in [0.25, 0.3) is 0 Å². The SMILES string of the molecule is CN(C)c1ccc(-c2ccc([N-]CC[S-])c(C=NCC[S-])c2)cc1.[O]=[Tc+2]. The Morgan fingerprint density at radius 3 is 2.27 bits per heavy atom. The minimum absolute atomic E-state index is 0.622. The minimum atomic E-state index is 0.622. The van der Waals surface area contributed by atoms with E-state index in [1.807, 2.05) is 26.4 Å². The van der Waals surface area contributed by atoms with Crippen LogP contribution in [0.2, 0.25) is 0 Å². The zero-order chi connectivity index (χ0) is 19.4. The molecule has 0 heterocycles. The fourth-order valence-electron chi connectivity index (χ4n) is 2.32. The molecule has 0 amide bonds. The molecule has 0 aromatic heterocycles. The summed E-state index contributed by atoms with van der Waals surface area (Å²) in [7, 11) is 4.08. The molecule has 2 aromatic carbocycles. The molecule has 0 N–H and O–H groups in total. The van der Waals surface area contributed by atoms with Gasteiger partial charge in [-0.2, -0.15) is 18.1 Å². The van der Waals surface area contributed by atoms with Crippen molar-refractivity contribution < 1.29 is 22.4 Å². The molecular formula is C19H22N3OS2Tc-. The molecule has 0 fully saturated rings. The Bertz CT molecular complexity index is 694. The fourth-order valence-corrected chi connectivity index (χ4v) is 2.51. The summed E-state index contributed by atoms with van der Waals surface area (Å²) < 4.78 is 8.22. The Morgan fingerprint density at radius 2 is 1.69 bits per heavy atom. The molecule has 2 aromatic rings. The maximum absolute atomic E-state index is 8.22. The Morgan fingerprint density at radius 1 is 1.04 bits per heavy atom. The molecule has 0 aliphatic heterocycles. The number of anilines is 1. The van der Waals surface area contributed by atoms with E-state index in [1.165, 1.54) is 11.3 Å². The molecule has 0 radical (unpaired) electrons. The van der Waals surface area contributed by atoms with Crippen molar-refractivity contribution in [2.24, 2.45) is 4.99 Å². The van der Waals surface area contributed by atoms with Crippen molar-refractivity contribution in [3.05, 3.63) is 53.3 Å². The molecule has 139 valence electrons. The molecule has 0 saturated carbocycles. The zero-order valence-corrected chi connectivity index (χ0v) is 18.4. The van der Waals surface area contributed by atoms with Crippen LogP contribution in [0.25, 0.3) is 16.4 Å². The van der Waals surface area contributed by atoms with E-state index >= 15 is 0 Å². The van der Waals surface area contributed by atoms with Gasteiger partial charge < -0.3 is 35.5 Å². The summed E-state index contributed by atoms with van der Waals surface area (Å²) in [6.07, 6.45) is 1.87. The van der Waals surface area contributed by atoms with E-state index in [0.29, 0.717) is 24.6 Å². The topological polar surface area (TPSA) is 46.8 Å². The van der Waals surface area contributed by atoms with Crippen molar-refractivity contribution in [1.29, 1.82) is 0 Å². The van der Waals surface area contributed by atoms with Crippen LogP contribution in [0.3, 0.4) is 0 Å². The predicted octanol–water partition coefficient (Wildman–Crippen LogP) is 3.82. The molecule has 26 heavy (non-hydrogen) atoms.